The molecule has 0 bridgehead atoms. The fourth-order valence-corrected chi connectivity index (χ4v) is 4.25. The first kappa shape index (κ1) is 18.6. The number of rotatable bonds is 8. The number of aromatic nitrogens is 2. The van der Waals surface area contributed by atoms with Crippen LogP contribution in [0.3, 0.4) is 0 Å². The monoisotopic (exact) mass is 411 g/mol. The molecule has 0 saturated heterocycles. The number of hydrogen-bond donors (Lipinski definition) is 0. The number of nitrogens with zero attached hydrogens (tertiary/aromatic N) is 3. The van der Waals surface area contributed by atoms with Crippen molar-refractivity contribution < 1.29 is 9.47 Å². The van der Waals surface area contributed by atoms with Gasteiger partial charge in [-0.2, -0.15) is 0 Å². The third kappa shape index (κ3) is 3.64. The van der Waals surface area contributed by atoms with Crippen LogP contribution in [0.15, 0.2) is 36.4 Å². The Hall–Kier alpha value is -2.40. The highest BCUT2D eigenvalue weighted by molar-refractivity contribution is 6.33. The van der Waals surface area contributed by atoms with Gasteiger partial charge in [-0.1, -0.05) is 17.7 Å². The van der Waals surface area contributed by atoms with Crippen LogP contribution in [0.1, 0.15) is 25.7 Å². The van der Waals surface area contributed by atoms with Crippen LogP contribution in [0.2, 0.25) is 5.02 Å². The van der Waals surface area contributed by atoms with Crippen LogP contribution in [-0.2, 0) is 0 Å². The molecular formula is C23H26ClN3O2. The predicted molar refractivity (Wildman–Crippen MR) is 116 cm³/mol. The van der Waals surface area contributed by atoms with Gasteiger partial charge in [-0.15, -0.1) is 5.10 Å². The van der Waals surface area contributed by atoms with Gasteiger partial charge < -0.3 is 14.4 Å². The molecule has 0 radical (unpaired) electrons. The number of anilines is 1. The van der Waals surface area contributed by atoms with Gasteiger partial charge in [-0.05, 0) is 67.9 Å². The molecule has 0 N–H and O–H groups in total. The fourth-order valence-electron chi connectivity index (χ4n) is 3.99. The van der Waals surface area contributed by atoms with E-state index in [1.54, 1.807) is 14.2 Å². The highest BCUT2D eigenvalue weighted by Crippen LogP contribution is 2.42. The summed E-state index contributed by atoms with van der Waals surface area (Å²) in [5.41, 5.74) is 4.04. The van der Waals surface area contributed by atoms with Crippen molar-refractivity contribution in [3.8, 4) is 22.9 Å². The lowest BCUT2D eigenvalue weighted by molar-refractivity contribution is 0.394. The summed E-state index contributed by atoms with van der Waals surface area (Å²) in [6, 6.07) is 12.0. The van der Waals surface area contributed by atoms with E-state index in [-0.39, 0.29) is 0 Å². The molecule has 5 nitrogen and oxygen atoms in total. The van der Waals surface area contributed by atoms with Gasteiger partial charge in [0.15, 0.2) is 0 Å². The Balaban J connectivity index is 1.63. The lowest BCUT2D eigenvalue weighted by atomic mass is 10.1. The van der Waals surface area contributed by atoms with Crippen LogP contribution in [0, 0.1) is 11.8 Å². The molecule has 5 rings (SSSR count). The molecule has 2 aliphatic rings. The van der Waals surface area contributed by atoms with E-state index in [1.165, 1.54) is 25.7 Å². The first-order valence-corrected chi connectivity index (χ1v) is 10.7. The summed E-state index contributed by atoms with van der Waals surface area (Å²) >= 11 is 6.58. The van der Waals surface area contributed by atoms with Crippen molar-refractivity contribution in [1.29, 1.82) is 0 Å². The zero-order chi connectivity index (χ0) is 20.0. The molecule has 0 amide bonds. The Kier molecular flexibility index (Phi) is 4.78. The molecule has 2 aliphatic carbocycles. The molecule has 2 fully saturated rings. The maximum atomic E-state index is 6.58. The van der Waals surface area contributed by atoms with Crippen LogP contribution >= 0.6 is 11.6 Å². The molecule has 0 atom stereocenters. The van der Waals surface area contributed by atoms with Crippen molar-refractivity contribution in [2.75, 3.05) is 32.2 Å². The number of fused-ring (bicyclic) bond motifs is 1. The van der Waals surface area contributed by atoms with E-state index in [4.69, 9.17) is 26.2 Å². The van der Waals surface area contributed by atoms with E-state index in [0.29, 0.717) is 10.9 Å². The van der Waals surface area contributed by atoms with Crippen LogP contribution in [0.5, 0.6) is 11.6 Å². The largest absolute Gasteiger partial charge is 0.497 e. The van der Waals surface area contributed by atoms with Gasteiger partial charge in [0.1, 0.15) is 11.4 Å². The molecule has 2 heterocycles. The SMILES string of the molecule is COc1ccc(-c2cccc3c(N(CC4CC4)CC4CC4)c(OC)nn23)c(Cl)c1. The standard InChI is InChI=1S/C23H26ClN3O2/c1-28-17-10-11-18(19(24)12-17)20-4-3-5-21-22(23(29-2)25-27(20)21)26(13-15-6-7-15)14-16-8-9-16/h3-5,10-12,15-16H,6-9,13-14H2,1-2H3. The minimum absolute atomic E-state index is 0.640. The number of ether oxygens (including phenoxy) is 2. The Labute approximate surface area is 176 Å². The number of methoxy groups -OCH3 is 2. The first-order valence-electron chi connectivity index (χ1n) is 10.3. The molecule has 2 saturated carbocycles. The zero-order valence-electron chi connectivity index (χ0n) is 16.9. The van der Waals surface area contributed by atoms with Gasteiger partial charge in [0.2, 0.25) is 0 Å². The third-order valence-electron chi connectivity index (χ3n) is 5.91. The summed E-state index contributed by atoms with van der Waals surface area (Å²) in [5, 5.41) is 5.47. The minimum atomic E-state index is 0.640. The molecule has 152 valence electrons. The van der Waals surface area contributed by atoms with E-state index < -0.39 is 0 Å². The maximum Gasteiger partial charge on any atom is 0.257 e. The Bertz CT molecular complexity index is 1030. The molecular weight excluding hydrogens is 386 g/mol. The van der Waals surface area contributed by atoms with Crippen molar-refractivity contribution in [1.82, 2.24) is 9.61 Å². The summed E-state index contributed by atoms with van der Waals surface area (Å²) in [6.07, 6.45) is 5.32. The van der Waals surface area contributed by atoms with Crippen LogP contribution in [-0.4, -0.2) is 36.9 Å². The predicted octanol–water partition coefficient (Wildman–Crippen LogP) is 5.30. The van der Waals surface area contributed by atoms with Crippen LogP contribution in [0.4, 0.5) is 5.69 Å². The second-order valence-electron chi connectivity index (χ2n) is 8.20. The third-order valence-corrected chi connectivity index (χ3v) is 6.23. The number of benzene rings is 1. The van der Waals surface area contributed by atoms with Gasteiger partial charge in [-0.3, -0.25) is 0 Å². The van der Waals surface area contributed by atoms with Gasteiger partial charge in [0.25, 0.3) is 5.88 Å². The molecule has 0 unspecified atom stereocenters. The molecule has 29 heavy (non-hydrogen) atoms. The van der Waals surface area contributed by atoms with Crippen molar-refractivity contribution >= 4 is 22.8 Å². The Morgan fingerprint density at radius 1 is 1.03 bits per heavy atom. The van der Waals surface area contributed by atoms with E-state index in [9.17, 15) is 0 Å². The normalized spacial score (nSPS) is 16.2. The van der Waals surface area contributed by atoms with Crippen LogP contribution in [0.25, 0.3) is 16.8 Å². The summed E-state index contributed by atoms with van der Waals surface area (Å²) in [4.78, 5) is 2.51. The van der Waals surface area contributed by atoms with Crippen molar-refractivity contribution in [3.63, 3.8) is 0 Å². The van der Waals surface area contributed by atoms with Gasteiger partial charge in [0, 0.05) is 18.7 Å². The van der Waals surface area contributed by atoms with Crippen molar-refractivity contribution in [2.45, 2.75) is 25.7 Å². The zero-order valence-corrected chi connectivity index (χ0v) is 17.7. The van der Waals surface area contributed by atoms with Gasteiger partial charge >= 0.3 is 0 Å². The van der Waals surface area contributed by atoms with Crippen molar-refractivity contribution in [2.24, 2.45) is 11.8 Å². The van der Waals surface area contributed by atoms with E-state index in [2.05, 4.69) is 17.0 Å². The smallest absolute Gasteiger partial charge is 0.257 e. The summed E-state index contributed by atoms with van der Waals surface area (Å²) in [5.74, 6) is 3.02. The molecule has 3 aromatic rings. The number of hydrogen-bond acceptors (Lipinski definition) is 4. The highest BCUT2D eigenvalue weighted by atomic mass is 35.5. The second kappa shape index (κ2) is 7.45. The quantitative estimate of drug-likeness (QED) is 0.504. The summed E-state index contributed by atoms with van der Waals surface area (Å²) in [7, 11) is 3.35. The Morgan fingerprint density at radius 3 is 2.34 bits per heavy atom. The molecule has 1 aromatic carbocycles. The van der Waals surface area contributed by atoms with Gasteiger partial charge in [0.05, 0.1) is 30.5 Å². The van der Waals surface area contributed by atoms with Crippen molar-refractivity contribution in [3.05, 3.63) is 41.4 Å². The topological polar surface area (TPSA) is 39.0 Å². The average Bonchev–Trinajstić information content (AvgIpc) is 3.66. The Morgan fingerprint density at radius 2 is 1.76 bits per heavy atom. The first-order chi connectivity index (χ1) is 14.2. The molecule has 0 spiro atoms. The maximum absolute atomic E-state index is 6.58. The lowest BCUT2D eigenvalue weighted by Crippen LogP contribution is -2.28. The summed E-state index contributed by atoms with van der Waals surface area (Å²) < 4.78 is 13.0. The van der Waals surface area contributed by atoms with E-state index in [1.807, 2.05) is 28.8 Å². The number of pyridine rings is 1. The van der Waals surface area contributed by atoms with E-state index in [0.717, 1.165) is 53.1 Å². The number of halogens is 1. The average molecular weight is 412 g/mol. The van der Waals surface area contributed by atoms with Crippen LogP contribution < -0.4 is 14.4 Å². The highest BCUT2D eigenvalue weighted by Gasteiger charge is 2.32. The minimum Gasteiger partial charge on any atom is -0.497 e. The van der Waals surface area contributed by atoms with Gasteiger partial charge in [-0.25, -0.2) is 4.52 Å². The molecule has 6 heteroatoms. The van der Waals surface area contributed by atoms with E-state index >= 15 is 0 Å². The summed E-state index contributed by atoms with van der Waals surface area (Å²) in [6.45, 7) is 2.17. The molecule has 0 aliphatic heterocycles. The second-order valence-corrected chi connectivity index (χ2v) is 8.61. The lowest BCUT2D eigenvalue weighted by Gasteiger charge is -2.24. The fraction of sp³-hybridized carbons (Fsp3) is 0.435. The molecule has 2 aromatic heterocycles.